The van der Waals surface area contributed by atoms with E-state index in [1.807, 2.05) is 0 Å². The maximum atomic E-state index is 12.9. The van der Waals surface area contributed by atoms with Crippen LogP contribution in [0.5, 0.6) is 0 Å². The van der Waals surface area contributed by atoms with Crippen LogP contribution in [0.2, 0.25) is 0 Å². The van der Waals surface area contributed by atoms with Crippen molar-refractivity contribution in [2.75, 3.05) is 0 Å². The van der Waals surface area contributed by atoms with Crippen molar-refractivity contribution in [3.05, 3.63) is 0 Å². The SMILES string of the molecule is CC(F)C(F)(F)C(F)(F)C(F)(F)C(F)(F)CC(F)(F)[SiH](F)F. The lowest BCUT2D eigenvalue weighted by atomic mass is 9.94. The third-order valence-corrected chi connectivity index (χ3v) is 3.39. The standard InChI is InChI=1S/C8H7F13Si/c1-3(9)6(14,15)8(18,19)7(16,17)4(10,11)2-5(12,13)22(20)21/h3,22H,2H2,1H3. The molecule has 22 heavy (non-hydrogen) atoms. The molecule has 0 bridgehead atoms. The zero-order chi connectivity index (χ0) is 18.4. The number of rotatable bonds is 7. The van der Waals surface area contributed by atoms with Gasteiger partial charge in [0.2, 0.25) is 0 Å². The maximum Gasteiger partial charge on any atom is 0.480 e. The van der Waals surface area contributed by atoms with Gasteiger partial charge < -0.3 is 0 Å². The third kappa shape index (κ3) is 3.30. The summed E-state index contributed by atoms with van der Waals surface area (Å²) < 4.78 is 163. The average molecular weight is 378 g/mol. The van der Waals surface area contributed by atoms with Crippen LogP contribution < -0.4 is 0 Å². The predicted octanol–water partition coefficient (Wildman–Crippen LogP) is 4.61. The molecule has 0 fully saturated rings. The molecule has 0 aromatic rings. The quantitative estimate of drug-likeness (QED) is 0.345. The van der Waals surface area contributed by atoms with E-state index >= 15 is 0 Å². The Balaban J connectivity index is 5.80. The first-order valence-electron chi connectivity index (χ1n) is 5.16. The van der Waals surface area contributed by atoms with E-state index in [2.05, 4.69) is 0 Å². The summed E-state index contributed by atoms with van der Waals surface area (Å²) in [6.07, 6.45) is -7.82. The van der Waals surface area contributed by atoms with E-state index in [0.29, 0.717) is 0 Å². The molecule has 0 saturated carbocycles. The lowest BCUT2D eigenvalue weighted by molar-refractivity contribution is -0.379. The molecule has 0 rings (SSSR count). The minimum atomic E-state index is -7.20. The zero-order valence-corrected chi connectivity index (χ0v) is 11.4. The highest BCUT2D eigenvalue weighted by atomic mass is 28.4. The minimum Gasteiger partial charge on any atom is -0.268 e. The van der Waals surface area contributed by atoms with Gasteiger partial charge in [0.15, 0.2) is 6.17 Å². The fourth-order valence-electron chi connectivity index (χ4n) is 1.17. The molecule has 0 aliphatic rings. The Kier molecular flexibility index (Phi) is 5.56. The van der Waals surface area contributed by atoms with E-state index in [-0.39, 0.29) is 6.92 Å². The van der Waals surface area contributed by atoms with E-state index in [1.54, 1.807) is 0 Å². The monoisotopic (exact) mass is 378 g/mol. The van der Waals surface area contributed by atoms with Gasteiger partial charge in [-0.25, -0.2) is 13.2 Å². The Morgan fingerprint density at radius 2 is 1.14 bits per heavy atom. The van der Waals surface area contributed by atoms with Crippen LogP contribution in [0.15, 0.2) is 0 Å². The van der Waals surface area contributed by atoms with E-state index in [4.69, 9.17) is 0 Å². The van der Waals surface area contributed by atoms with Crippen LogP contribution in [0, 0.1) is 0 Å². The van der Waals surface area contributed by atoms with Crippen LogP contribution in [-0.4, -0.2) is 44.9 Å². The summed E-state index contributed by atoms with van der Waals surface area (Å²) in [6.45, 7) is -0.358. The Hall–Kier alpha value is -0.693. The fourth-order valence-corrected chi connectivity index (χ4v) is 1.58. The van der Waals surface area contributed by atoms with Crippen LogP contribution in [0.4, 0.5) is 56.5 Å². The van der Waals surface area contributed by atoms with E-state index < -0.39 is 51.3 Å². The van der Waals surface area contributed by atoms with Gasteiger partial charge in [0.25, 0.3) is 5.55 Å². The third-order valence-electron chi connectivity index (χ3n) is 2.55. The highest BCUT2D eigenvalue weighted by Gasteiger charge is 2.82. The molecule has 0 heterocycles. The highest BCUT2D eigenvalue weighted by Crippen LogP contribution is 2.56. The van der Waals surface area contributed by atoms with E-state index in [0.717, 1.165) is 0 Å². The smallest absolute Gasteiger partial charge is 0.268 e. The molecule has 0 spiro atoms. The number of halogens is 13. The average Bonchev–Trinajstić information content (AvgIpc) is 2.26. The van der Waals surface area contributed by atoms with Gasteiger partial charge in [0, 0.05) is 0 Å². The van der Waals surface area contributed by atoms with Gasteiger partial charge in [-0.15, -0.1) is 0 Å². The molecule has 14 heteroatoms. The molecule has 0 amide bonds. The lowest BCUT2D eigenvalue weighted by Crippen LogP contribution is -2.65. The van der Waals surface area contributed by atoms with Crippen molar-refractivity contribution in [3.63, 3.8) is 0 Å². The van der Waals surface area contributed by atoms with Crippen LogP contribution in [0.3, 0.4) is 0 Å². The Bertz CT molecular complexity index is 388. The summed E-state index contributed by atoms with van der Waals surface area (Å²) in [5.74, 6) is -27.3. The second kappa shape index (κ2) is 5.74. The second-order valence-electron chi connectivity index (χ2n) is 4.33. The van der Waals surface area contributed by atoms with Gasteiger partial charge in [-0.1, -0.05) is 0 Å². The number of hydrogen-bond acceptors (Lipinski definition) is 0. The molecule has 1 atom stereocenters. The van der Waals surface area contributed by atoms with Gasteiger partial charge in [0.05, 0.1) is 6.42 Å². The van der Waals surface area contributed by atoms with Gasteiger partial charge in [-0.05, 0) is 6.92 Å². The predicted molar refractivity (Wildman–Crippen MR) is 49.3 cm³/mol. The molecule has 0 aromatic carbocycles. The Labute approximate surface area is 116 Å². The van der Waals surface area contributed by atoms with Gasteiger partial charge in [-0.2, -0.15) is 35.1 Å². The summed E-state index contributed by atoms with van der Waals surface area (Å²) in [7, 11) is -6.32. The van der Waals surface area contributed by atoms with Crippen molar-refractivity contribution in [3.8, 4) is 0 Å². The molecule has 134 valence electrons. The van der Waals surface area contributed by atoms with Crippen molar-refractivity contribution in [1.82, 2.24) is 0 Å². The molecule has 0 aromatic heterocycles. The first kappa shape index (κ1) is 21.3. The van der Waals surface area contributed by atoms with Gasteiger partial charge in [0.1, 0.15) is 0 Å². The minimum absolute atomic E-state index is 0.358. The largest absolute Gasteiger partial charge is 0.480 e. The molecule has 1 unspecified atom stereocenters. The van der Waals surface area contributed by atoms with Crippen LogP contribution in [0.1, 0.15) is 13.3 Å². The van der Waals surface area contributed by atoms with Crippen LogP contribution >= 0.6 is 0 Å². The Morgan fingerprint density at radius 3 is 1.41 bits per heavy atom. The molecular formula is C8H7F13Si. The van der Waals surface area contributed by atoms with Crippen LogP contribution in [-0.2, 0) is 0 Å². The van der Waals surface area contributed by atoms with Crippen molar-refractivity contribution < 1.29 is 56.5 Å². The summed E-state index contributed by atoms with van der Waals surface area (Å²) in [5, 5.41) is 0. The molecular weight excluding hydrogens is 371 g/mol. The fraction of sp³-hybridized carbons (Fsp3) is 1.00. The van der Waals surface area contributed by atoms with Gasteiger partial charge in [-0.3, -0.25) is 8.22 Å². The first-order valence-corrected chi connectivity index (χ1v) is 6.61. The molecule has 0 N–H and O–H groups in total. The van der Waals surface area contributed by atoms with Crippen molar-refractivity contribution >= 4 is 9.46 Å². The number of alkyl halides is 11. The van der Waals surface area contributed by atoms with Crippen molar-refractivity contribution in [2.45, 2.75) is 48.8 Å². The highest BCUT2D eigenvalue weighted by molar-refractivity contribution is 6.45. The summed E-state index contributed by atoms with van der Waals surface area (Å²) in [6, 6.07) is 0. The topological polar surface area (TPSA) is 0 Å². The maximum absolute atomic E-state index is 12.9. The molecule has 0 radical (unpaired) electrons. The van der Waals surface area contributed by atoms with Crippen molar-refractivity contribution in [2.24, 2.45) is 0 Å². The van der Waals surface area contributed by atoms with Crippen molar-refractivity contribution in [1.29, 1.82) is 0 Å². The normalized spacial score (nSPS) is 17.0. The second-order valence-corrected chi connectivity index (χ2v) is 5.78. The Morgan fingerprint density at radius 1 is 0.773 bits per heavy atom. The molecule has 0 nitrogen and oxygen atoms in total. The molecule has 0 aliphatic heterocycles. The van der Waals surface area contributed by atoms with Crippen LogP contribution in [0.25, 0.3) is 0 Å². The molecule has 0 saturated heterocycles. The zero-order valence-electron chi connectivity index (χ0n) is 10.3. The van der Waals surface area contributed by atoms with E-state index in [9.17, 15) is 56.5 Å². The molecule has 0 aliphatic carbocycles. The van der Waals surface area contributed by atoms with Gasteiger partial charge >= 0.3 is 33.2 Å². The lowest BCUT2D eigenvalue weighted by Gasteiger charge is -2.38. The first-order chi connectivity index (χ1) is 9.34. The summed E-state index contributed by atoms with van der Waals surface area (Å²) >= 11 is 0. The summed E-state index contributed by atoms with van der Waals surface area (Å²) in [5.41, 5.74) is -5.72. The van der Waals surface area contributed by atoms with E-state index in [1.165, 1.54) is 0 Å². The number of hydrogen-bond donors (Lipinski definition) is 0. The summed E-state index contributed by atoms with van der Waals surface area (Å²) in [4.78, 5) is 0.